The topological polar surface area (TPSA) is 73.8 Å². The zero-order valence-electron chi connectivity index (χ0n) is 14.6. The highest BCUT2D eigenvalue weighted by molar-refractivity contribution is 5.63. The fraction of sp³-hybridized carbons (Fsp3) is 0.263. The second-order valence-corrected chi connectivity index (χ2v) is 5.94. The Balaban J connectivity index is 2.08. The highest BCUT2D eigenvalue weighted by Gasteiger charge is 2.13. The van der Waals surface area contributed by atoms with E-state index in [4.69, 9.17) is 0 Å². The van der Waals surface area contributed by atoms with E-state index in [1.54, 1.807) is 23.0 Å². The molecule has 3 rings (SSSR count). The van der Waals surface area contributed by atoms with Crippen LogP contribution in [0.4, 0.5) is 5.69 Å². The first kappa shape index (κ1) is 16.8. The van der Waals surface area contributed by atoms with Crippen molar-refractivity contribution in [3.63, 3.8) is 0 Å². The standard InChI is InChI=1S/C19H20N4O2/c1-4-14-11-17(10-13(3)18(14)5-2)22-19(12-20-21-22)15-6-8-16(9-7-15)23(24)25/h6-12H,4-5H2,1-3H3. The van der Waals surface area contributed by atoms with Crippen molar-refractivity contribution >= 4 is 5.69 Å². The molecule has 1 heterocycles. The minimum Gasteiger partial charge on any atom is -0.258 e. The Morgan fingerprint density at radius 3 is 2.44 bits per heavy atom. The van der Waals surface area contributed by atoms with Gasteiger partial charge in [-0.2, -0.15) is 0 Å². The summed E-state index contributed by atoms with van der Waals surface area (Å²) in [5, 5.41) is 19.1. The fourth-order valence-corrected chi connectivity index (χ4v) is 3.19. The molecule has 1 aromatic heterocycles. The Labute approximate surface area is 146 Å². The second-order valence-electron chi connectivity index (χ2n) is 5.94. The van der Waals surface area contributed by atoms with E-state index in [9.17, 15) is 10.1 Å². The molecule has 6 heteroatoms. The van der Waals surface area contributed by atoms with Gasteiger partial charge < -0.3 is 0 Å². The molecule has 0 bridgehead atoms. The predicted octanol–water partition coefficient (Wildman–Crippen LogP) is 4.28. The first-order valence-corrected chi connectivity index (χ1v) is 8.33. The summed E-state index contributed by atoms with van der Waals surface area (Å²) in [4.78, 5) is 10.4. The molecule has 0 aliphatic carbocycles. The third-order valence-corrected chi connectivity index (χ3v) is 4.45. The quantitative estimate of drug-likeness (QED) is 0.515. The van der Waals surface area contributed by atoms with Crippen molar-refractivity contribution in [2.24, 2.45) is 0 Å². The molecule has 3 aromatic rings. The number of hydrogen-bond acceptors (Lipinski definition) is 4. The van der Waals surface area contributed by atoms with Gasteiger partial charge in [0.2, 0.25) is 0 Å². The smallest absolute Gasteiger partial charge is 0.258 e. The van der Waals surface area contributed by atoms with Crippen molar-refractivity contribution < 1.29 is 4.92 Å². The van der Waals surface area contributed by atoms with Crippen molar-refractivity contribution in [1.82, 2.24) is 15.0 Å². The summed E-state index contributed by atoms with van der Waals surface area (Å²) in [6.07, 6.45) is 3.64. The molecule has 0 aliphatic rings. The van der Waals surface area contributed by atoms with Crippen molar-refractivity contribution in [3.05, 3.63) is 69.4 Å². The van der Waals surface area contributed by atoms with Gasteiger partial charge in [-0.3, -0.25) is 10.1 Å². The normalized spacial score (nSPS) is 10.8. The lowest BCUT2D eigenvalue weighted by Crippen LogP contribution is -2.04. The van der Waals surface area contributed by atoms with Crippen molar-refractivity contribution in [3.8, 4) is 16.9 Å². The Morgan fingerprint density at radius 1 is 1.12 bits per heavy atom. The molecule has 0 atom stereocenters. The molecule has 0 fully saturated rings. The number of nitro benzene ring substituents is 1. The minimum absolute atomic E-state index is 0.0687. The van der Waals surface area contributed by atoms with Gasteiger partial charge in [0.15, 0.2) is 0 Å². The average Bonchev–Trinajstić information content (AvgIpc) is 3.10. The number of benzene rings is 2. The largest absolute Gasteiger partial charge is 0.269 e. The van der Waals surface area contributed by atoms with E-state index >= 15 is 0 Å². The van der Waals surface area contributed by atoms with Crippen LogP contribution in [-0.4, -0.2) is 19.9 Å². The number of nitro groups is 1. The number of hydrogen-bond donors (Lipinski definition) is 0. The lowest BCUT2D eigenvalue weighted by atomic mass is 9.97. The van der Waals surface area contributed by atoms with Crippen molar-refractivity contribution in [2.75, 3.05) is 0 Å². The van der Waals surface area contributed by atoms with Gasteiger partial charge in [-0.1, -0.05) is 19.1 Å². The Kier molecular flexibility index (Phi) is 4.61. The number of non-ortho nitro benzene ring substituents is 1. The van der Waals surface area contributed by atoms with Crippen LogP contribution in [-0.2, 0) is 12.8 Å². The number of aromatic nitrogens is 3. The summed E-state index contributed by atoms with van der Waals surface area (Å²) in [5.74, 6) is 0. The fourth-order valence-electron chi connectivity index (χ4n) is 3.19. The molecule has 0 aliphatic heterocycles. The van der Waals surface area contributed by atoms with Gasteiger partial charge in [0.1, 0.15) is 0 Å². The lowest BCUT2D eigenvalue weighted by molar-refractivity contribution is -0.384. The lowest BCUT2D eigenvalue weighted by Gasteiger charge is -2.14. The maximum atomic E-state index is 10.8. The zero-order chi connectivity index (χ0) is 18.0. The molecular weight excluding hydrogens is 316 g/mol. The molecule has 0 spiro atoms. The molecule has 2 aromatic carbocycles. The van der Waals surface area contributed by atoms with E-state index in [1.165, 1.54) is 28.8 Å². The Bertz CT molecular complexity index is 914. The third-order valence-electron chi connectivity index (χ3n) is 4.45. The molecule has 0 saturated carbocycles. The SMILES string of the molecule is CCc1cc(-n2nncc2-c2ccc([N+](=O)[O-])cc2)cc(C)c1CC. The van der Waals surface area contributed by atoms with Crippen LogP contribution in [0.25, 0.3) is 16.9 Å². The Morgan fingerprint density at radius 2 is 1.84 bits per heavy atom. The second kappa shape index (κ2) is 6.84. The summed E-state index contributed by atoms with van der Waals surface area (Å²) in [6, 6.07) is 10.7. The molecule has 0 unspecified atom stereocenters. The molecule has 6 nitrogen and oxygen atoms in total. The Hall–Kier alpha value is -3.02. The van der Waals surface area contributed by atoms with Gasteiger partial charge in [-0.15, -0.1) is 5.10 Å². The molecule has 0 saturated heterocycles. The van der Waals surface area contributed by atoms with Gasteiger partial charge in [-0.05, 0) is 60.7 Å². The summed E-state index contributed by atoms with van der Waals surface area (Å²) in [7, 11) is 0. The maximum absolute atomic E-state index is 10.8. The van der Waals surface area contributed by atoms with Crippen LogP contribution in [0.2, 0.25) is 0 Å². The van der Waals surface area contributed by atoms with Crippen LogP contribution in [0, 0.1) is 17.0 Å². The van der Waals surface area contributed by atoms with Gasteiger partial charge >= 0.3 is 0 Å². The van der Waals surface area contributed by atoms with Gasteiger partial charge in [0, 0.05) is 17.7 Å². The average molecular weight is 336 g/mol. The zero-order valence-corrected chi connectivity index (χ0v) is 14.6. The van der Waals surface area contributed by atoms with E-state index in [0.29, 0.717) is 0 Å². The van der Waals surface area contributed by atoms with Gasteiger partial charge in [0.25, 0.3) is 5.69 Å². The monoisotopic (exact) mass is 336 g/mol. The summed E-state index contributed by atoms with van der Waals surface area (Å²) in [6.45, 7) is 6.43. The van der Waals surface area contributed by atoms with E-state index in [-0.39, 0.29) is 5.69 Å². The van der Waals surface area contributed by atoms with Crippen molar-refractivity contribution in [1.29, 1.82) is 0 Å². The summed E-state index contributed by atoms with van der Waals surface area (Å²) < 4.78 is 1.78. The van der Waals surface area contributed by atoms with Crippen LogP contribution in [0.5, 0.6) is 0 Å². The van der Waals surface area contributed by atoms with Crippen LogP contribution in [0.15, 0.2) is 42.6 Å². The van der Waals surface area contributed by atoms with Gasteiger partial charge in [-0.25, -0.2) is 4.68 Å². The van der Waals surface area contributed by atoms with E-state index in [0.717, 1.165) is 29.8 Å². The van der Waals surface area contributed by atoms with Crippen LogP contribution in [0.1, 0.15) is 30.5 Å². The first-order chi connectivity index (χ1) is 12.0. The summed E-state index contributed by atoms with van der Waals surface area (Å²) >= 11 is 0. The minimum atomic E-state index is -0.403. The van der Waals surface area contributed by atoms with E-state index < -0.39 is 4.92 Å². The molecule has 128 valence electrons. The highest BCUT2D eigenvalue weighted by Crippen LogP contribution is 2.26. The van der Waals surface area contributed by atoms with E-state index in [2.05, 4.69) is 43.2 Å². The van der Waals surface area contributed by atoms with Crippen LogP contribution >= 0.6 is 0 Å². The molecule has 0 N–H and O–H groups in total. The predicted molar refractivity (Wildman–Crippen MR) is 96.9 cm³/mol. The third kappa shape index (κ3) is 3.15. The molecule has 0 radical (unpaired) electrons. The first-order valence-electron chi connectivity index (χ1n) is 8.33. The highest BCUT2D eigenvalue weighted by atomic mass is 16.6. The molecule has 25 heavy (non-hydrogen) atoms. The molecule has 0 amide bonds. The van der Waals surface area contributed by atoms with Crippen LogP contribution in [0.3, 0.4) is 0 Å². The number of rotatable bonds is 5. The number of nitrogens with zero attached hydrogens (tertiary/aromatic N) is 4. The molecular formula is C19H20N4O2. The number of aryl methyl sites for hydroxylation is 2. The summed E-state index contributed by atoms with van der Waals surface area (Å²) in [5.41, 5.74) is 6.59. The van der Waals surface area contributed by atoms with Gasteiger partial charge in [0.05, 0.1) is 22.5 Å². The van der Waals surface area contributed by atoms with E-state index in [1.807, 2.05) is 0 Å². The van der Waals surface area contributed by atoms with Crippen molar-refractivity contribution in [2.45, 2.75) is 33.6 Å². The van der Waals surface area contributed by atoms with Crippen LogP contribution < -0.4 is 0 Å². The maximum Gasteiger partial charge on any atom is 0.269 e.